The van der Waals surface area contributed by atoms with Crippen LogP contribution < -0.4 is 3.97 Å². The van der Waals surface area contributed by atoms with Crippen LogP contribution in [0.5, 0.6) is 0 Å². The second kappa shape index (κ2) is 3.06. The van der Waals surface area contributed by atoms with Crippen LogP contribution in [0.15, 0.2) is 12.4 Å². The molecule has 0 saturated carbocycles. The molecule has 0 unspecified atom stereocenters. The van der Waals surface area contributed by atoms with Crippen molar-refractivity contribution < 1.29 is 20.8 Å². The smallest absolute Gasteiger partial charge is 0.184 e. The Labute approximate surface area is 82.9 Å². The van der Waals surface area contributed by atoms with Crippen molar-refractivity contribution in [2.75, 3.05) is 12.5 Å². The highest BCUT2D eigenvalue weighted by molar-refractivity contribution is 7.89. The molecule has 14 heavy (non-hydrogen) atoms. The van der Waals surface area contributed by atoms with Gasteiger partial charge in [0.1, 0.15) is 12.4 Å². The molecule has 1 rings (SSSR count). The average molecular weight is 239 g/mol. The Kier molecular flexibility index (Phi) is 2.44. The van der Waals surface area contributed by atoms with Gasteiger partial charge in [0, 0.05) is 6.92 Å². The number of nitrogens with zero attached hydrogens (tertiary/aromatic N) is 2. The van der Waals surface area contributed by atoms with Crippen LogP contribution in [0.4, 0.5) is 0 Å². The second-order valence-electron chi connectivity index (χ2n) is 2.96. The first-order chi connectivity index (χ1) is 6.14. The van der Waals surface area contributed by atoms with Gasteiger partial charge in [-0.2, -0.15) is 16.8 Å². The zero-order valence-corrected chi connectivity index (χ0v) is 9.63. The van der Waals surface area contributed by atoms with Gasteiger partial charge in [-0.05, 0) is 0 Å². The van der Waals surface area contributed by atoms with E-state index in [1.807, 2.05) is 0 Å². The summed E-state index contributed by atoms with van der Waals surface area (Å²) >= 11 is 0. The molecule has 1 aromatic rings. The molecule has 1 aromatic heterocycles. The summed E-state index contributed by atoms with van der Waals surface area (Å²) in [6.45, 7) is 1.42. The molecule has 0 aromatic carbocycles. The van der Waals surface area contributed by atoms with E-state index in [-0.39, 0.29) is 5.82 Å². The van der Waals surface area contributed by atoms with E-state index >= 15 is 0 Å². The molecule has 0 N–H and O–H groups in total. The van der Waals surface area contributed by atoms with Crippen molar-refractivity contribution in [3.63, 3.8) is 0 Å². The van der Waals surface area contributed by atoms with Crippen molar-refractivity contribution in [2.45, 2.75) is 6.92 Å². The number of hydrogen-bond donors (Lipinski definition) is 0. The Hall–Kier alpha value is -0.890. The fourth-order valence-corrected chi connectivity index (χ4v) is 2.87. The fourth-order valence-electron chi connectivity index (χ4n) is 1.14. The molecule has 0 bridgehead atoms. The first-order valence-corrected chi connectivity index (χ1v) is 7.34. The highest BCUT2D eigenvalue weighted by Crippen LogP contribution is 1.99. The first-order valence-electron chi connectivity index (χ1n) is 3.65. The monoisotopic (exact) mass is 239 g/mol. The van der Waals surface area contributed by atoms with E-state index in [1.54, 1.807) is 0 Å². The Morgan fingerprint density at radius 1 is 1.21 bits per heavy atom. The van der Waals surface area contributed by atoms with E-state index in [4.69, 9.17) is 0 Å². The van der Waals surface area contributed by atoms with E-state index in [9.17, 15) is 16.8 Å². The van der Waals surface area contributed by atoms with Crippen molar-refractivity contribution in [3.05, 3.63) is 18.2 Å². The summed E-state index contributed by atoms with van der Waals surface area (Å²) in [5.74, 6) is 0.134. The molecule has 0 atom stereocenters. The molecule has 6 nitrogen and oxygen atoms in total. The van der Waals surface area contributed by atoms with Crippen LogP contribution in [0.2, 0.25) is 0 Å². The average Bonchev–Trinajstić information content (AvgIpc) is 2.26. The van der Waals surface area contributed by atoms with Crippen molar-refractivity contribution in [1.82, 2.24) is 3.97 Å². The van der Waals surface area contributed by atoms with Gasteiger partial charge in [-0.3, -0.25) is 0 Å². The number of aromatic nitrogens is 2. The van der Waals surface area contributed by atoms with Gasteiger partial charge in [-0.25, -0.2) is 0 Å². The standard InChI is InChI=1S/C6H11N2O4S2/c1-6-7(13(2,9)10)4-5-8(6)14(3,11)12/h4-5H,1-3H3/q+1. The summed E-state index contributed by atoms with van der Waals surface area (Å²) in [7, 11) is -6.88. The quantitative estimate of drug-likeness (QED) is 0.601. The lowest BCUT2D eigenvalue weighted by Crippen LogP contribution is -2.43. The predicted octanol–water partition coefficient (Wildman–Crippen LogP) is -1.30. The Morgan fingerprint density at radius 3 is 1.93 bits per heavy atom. The van der Waals surface area contributed by atoms with Crippen LogP contribution in [0.3, 0.4) is 0 Å². The van der Waals surface area contributed by atoms with Crippen molar-refractivity contribution >= 4 is 20.0 Å². The summed E-state index contributed by atoms with van der Waals surface area (Å²) in [5.41, 5.74) is 0. The molecule has 0 amide bonds. The molecule has 8 heteroatoms. The molecule has 0 aliphatic carbocycles. The minimum atomic E-state index is -3.44. The molecule has 0 spiro atoms. The zero-order valence-electron chi connectivity index (χ0n) is 8.00. The zero-order chi connectivity index (χ0) is 11.1. The lowest BCUT2D eigenvalue weighted by atomic mass is 10.8. The molecule has 1 heterocycles. The van der Waals surface area contributed by atoms with Gasteiger partial charge < -0.3 is 0 Å². The maximum Gasteiger partial charge on any atom is 0.302 e. The highest BCUT2D eigenvalue weighted by atomic mass is 32.2. The summed E-state index contributed by atoms with van der Waals surface area (Å²) in [6.07, 6.45) is 4.41. The summed E-state index contributed by atoms with van der Waals surface area (Å²) < 4.78 is 46.4. The summed E-state index contributed by atoms with van der Waals surface area (Å²) in [4.78, 5) is 0. The summed E-state index contributed by atoms with van der Waals surface area (Å²) in [5, 5.41) is 0. The fraction of sp³-hybridized carbons (Fsp3) is 0.500. The molecule has 0 radical (unpaired) electrons. The van der Waals surface area contributed by atoms with E-state index in [0.29, 0.717) is 0 Å². The van der Waals surface area contributed by atoms with Crippen LogP contribution in [0.25, 0.3) is 0 Å². The van der Waals surface area contributed by atoms with Gasteiger partial charge in [0.15, 0.2) is 0 Å². The van der Waals surface area contributed by atoms with Gasteiger partial charge in [-0.15, -0.1) is 7.94 Å². The normalized spacial score (nSPS) is 13.1. The van der Waals surface area contributed by atoms with E-state index in [0.717, 1.165) is 20.5 Å². The molecule has 0 fully saturated rings. The minimum absolute atomic E-state index is 0.134. The Balaban J connectivity index is 3.53. The SMILES string of the molecule is Cc1n(S(C)(=O)=O)cc[n+]1S(C)(=O)=O. The van der Waals surface area contributed by atoms with Crippen LogP contribution >= 0.6 is 0 Å². The lowest BCUT2D eigenvalue weighted by Gasteiger charge is -1.95. The van der Waals surface area contributed by atoms with Crippen molar-refractivity contribution in [2.24, 2.45) is 0 Å². The topological polar surface area (TPSA) is 77.1 Å². The third kappa shape index (κ3) is 1.95. The second-order valence-corrected chi connectivity index (χ2v) is 6.68. The number of imidazole rings is 1. The molecule has 0 saturated heterocycles. The van der Waals surface area contributed by atoms with E-state index < -0.39 is 20.0 Å². The van der Waals surface area contributed by atoms with Crippen LogP contribution in [-0.2, 0) is 20.0 Å². The third-order valence-corrected chi connectivity index (χ3v) is 3.89. The largest absolute Gasteiger partial charge is 0.302 e. The molecular weight excluding hydrogens is 228 g/mol. The Morgan fingerprint density at radius 2 is 1.71 bits per heavy atom. The lowest BCUT2D eigenvalue weighted by molar-refractivity contribution is -0.517. The maximum atomic E-state index is 11.1. The summed E-state index contributed by atoms with van der Waals surface area (Å²) in [6, 6.07) is 0. The van der Waals surface area contributed by atoms with Gasteiger partial charge >= 0.3 is 20.0 Å². The van der Waals surface area contributed by atoms with Crippen LogP contribution in [0.1, 0.15) is 5.82 Å². The Bertz CT molecular complexity index is 503. The molecule has 0 aliphatic heterocycles. The first kappa shape index (κ1) is 11.2. The van der Waals surface area contributed by atoms with Crippen molar-refractivity contribution in [3.8, 4) is 0 Å². The third-order valence-electron chi connectivity index (χ3n) is 1.69. The minimum Gasteiger partial charge on any atom is -0.184 e. The van der Waals surface area contributed by atoms with E-state index in [2.05, 4.69) is 0 Å². The highest BCUT2D eigenvalue weighted by Gasteiger charge is 2.24. The van der Waals surface area contributed by atoms with Gasteiger partial charge in [0.05, 0.1) is 12.5 Å². The number of hydrogen-bond acceptors (Lipinski definition) is 4. The predicted molar refractivity (Wildman–Crippen MR) is 49.8 cm³/mol. The van der Waals surface area contributed by atoms with Gasteiger partial charge in [0.25, 0.3) is 5.82 Å². The molecule has 0 aliphatic rings. The van der Waals surface area contributed by atoms with Crippen LogP contribution in [0, 0.1) is 6.92 Å². The molecular formula is C6H11N2O4S2+. The number of rotatable bonds is 2. The molecule has 80 valence electrons. The maximum absolute atomic E-state index is 11.1. The van der Waals surface area contributed by atoms with Crippen molar-refractivity contribution in [1.29, 1.82) is 0 Å². The van der Waals surface area contributed by atoms with Gasteiger partial charge in [-0.1, -0.05) is 0 Å². The van der Waals surface area contributed by atoms with Crippen LogP contribution in [-0.4, -0.2) is 33.3 Å². The van der Waals surface area contributed by atoms with E-state index in [1.165, 1.54) is 19.3 Å². The van der Waals surface area contributed by atoms with Gasteiger partial charge in [0.2, 0.25) is 0 Å².